The van der Waals surface area contributed by atoms with Gasteiger partial charge in [-0.3, -0.25) is 4.40 Å². The molecule has 20 heavy (non-hydrogen) atoms. The second kappa shape index (κ2) is 3.55. The lowest BCUT2D eigenvalue weighted by Gasteiger charge is -1.98. The van der Waals surface area contributed by atoms with Gasteiger partial charge in [-0.2, -0.15) is 0 Å². The molecule has 5 aromatic rings. The monoisotopic (exact) mass is 275 g/mol. The minimum absolute atomic E-state index is 1.00. The number of hydrogen-bond donors (Lipinski definition) is 0. The summed E-state index contributed by atoms with van der Waals surface area (Å²) in [7, 11) is 0. The molecular formula is C16H9N3S. The van der Waals surface area contributed by atoms with Crippen molar-refractivity contribution in [3.8, 4) is 0 Å². The molecular weight excluding hydrogens is 266 g/mol. The molecule has 0 aliphatic carbocycles. The molecule has 0 spiro atoms. The molecule has 0 radical (unpaired) electrons. The molecule has 4 heteroatoms. The van der Waals surface area contributed by atoms with Crippen molar-refractivity contribution in [2.45, 2.75) is 0 Å². The number of nitrogens with zero attached hydrogens (tertiary/aromatic N) is 3. The molecule has 3 aromatic heterocycles. The van der Waals surface area contributed by atoms with Crippen LogP contribution in [-0.4, -0.2) is 14.4 Å². The van der Waals surface area contributed by atoms with Crippen molar-refractivity contribution in [2.24, 2.45) is 0 Å². The van der Waals surface area contributed by atoms with Crippen LogP contribution in [0, 0.1) is 0 Å². The van der Waals surface area contributed by atoms with Gasteiger partial charge < -0.3 is 0 Å². The number of hydrogen-bond acceptors (Lipinski definition) is 3. The van der Waals surface area contributed by atoms with Gasteiger partial charge in [-0.25, -0.2) is 9.97 Å². The zero-order valence-corrected chi connectivity index (χ0v) is 11.3. The molecule has 0 unspecified atom stereocenters. The molecule has 3 nitrogen and oxygen atoms in total. The summed E-state index contributed by atoms with van der Waals surface area (Å²) in [6.45, 7) is 0. The number of benzene rings is 2. The molecule has 2 aromatic carbocycles. The van der Waals surface area contributed by atoms with Crippen molar-refractivity contribution < 1.29 is 0 Å². The quantitative estimate of drug-likeness (QED) is 0.423. The standard InChI is InChI=1S/C16H9N3S/c1-2-6-11-10(5-1)9-14-15(17-11)20-16-18-12-7-3-4-8-13(12)19(14)16/h1-9H. The van der Waals surface area contributed by atoms with E-state index >= 15 is 0 Å². The van der Waals surface area contributed by atoms with Gasteiger partial charge in [0.1, 0.15) is 4.83 Å². The summed E-state index contributed by atoms with van der Waals surface area (Å²) >= 11 is 1.64. The van der Waals surface area contributed by atoms with E-state index in [0.29, 0.717) is 0 Å². The van der Waals surface area contributed by atoms with Crippen LogP contribution >= 0.6 is 11.3 Å². The number of thiazole rings is 1. The molecule has 0 saturated heterocycles. The summed E-state index contributed by atoms with van der Waals surface area (Å²) in [6.07, 6.45) is 0. The van der Waals surface area contributed by atoms with Crippen LogP contribution in [-0.2, 0) is 0 Å². The third-order valence-corrected chi connectivity index (χ3v) is 4.58. The largest absolute Gasteiger partial charge is 0.281 e. The number of imidazole rings is 1. The first-order valence-electron chi connectivity index (χ1n) is 6.46. The van der Waals surface area contributed by atoms with Gasteiger partial charge in [-0.15, -0.1) is 0 Å². The third-order valence-electron chi connectivity index (χ3n) is 3.63. The molecule has 0 atom stereocenters. The Morgan fingerprint density at radius 3 is 2.55 bits per heavy atom. The lowest BCUT2D eigenvalue weighted by atomic mass is 10.2. The highest BCUT2D eigenvalue weighted by atomic mass is 32.1. The van der Waals surface area contributed by atoms with Crippen molar-refractivity contribution in [2.75, 3.05) is 0 Å². The van der Waals surface area contributed by atoms with Crippen LogP contribution in [0.1, 0.15) is 0 Å². The lowest BCUT2D eigenvalue weighted by Crippen LogP contribution is -1.83. The Bertz CT molecular complexity index is 1100. The van der Waals surface area contributed by atoms with E-state index in [0.717, 1.165) is 37.2 Å². The average Bonchev–Trinajstić information content (AvgIpc) is 3.00. The van der Waals surface area contributed by atoms with E-state index in [1.807, 2.05) is 18.2 Å². The Kier molecular flexibility index (Phi) is 1.84. The summed E-state index contributed by atoms with van der Waals surface area (Å²) in [6, 6.07) is 18.7. The molecule has 94 valence electrons. The lowest BCUT2D eigenvalue weighted by molar-refractivity contribution is 1.34. The van der Waals surface area contributed by atoms with Crippen LogP contribution in [0.5, 0.6) is 0 Å². The smallest absolute Gasteiger partial charge is 0.197 e. The second-order valence-electron chi connectivity index (χ2n) is 4.83. The van der Waals surface area contributed by atoms with Gasteiger partial charge in [-0.1, -0.05) is 41.7 Å². The first kappa shape index (κ1) is 10.3. The molecule has 0 bridgehead atoms. The number of rotatable bonds is 0. The van der Waals surface area contributed by atoms with Crippen molar-refractivity contribution in [3.05, 3.63) is 54.6 Å². The van der Waals surface area contributed by atoms with Crippen molar-refractivity contribution >= 4 is 48.6 Å². The van der Waals surface area contributed by atoms with Crippen molar-refractivity contribution in [1.29, 1.82) is 0 Å². The summed E-state index contributed by atoms with van der Waals surface area (Å²) in [5, 5.41) is 1.16. The number of pyridine rings is 1. The Balaban J connectivity index is 2.07. The maximum Gasteiger partial charge on any atom is 0.197 e. The van der Waals surface area contributed by atoms with Gasteiger partial charge in [0.05, 0.1) is 22.1 Å². The van der Waals surface area contributed by atoms with Gasteiger partial charge in [0, 0.05) is 5.39 Å². The molecule has 3 heterocycles. The van der Waals surface area contributed by atoms with E-state index < -0.39 is 0 Å². The Labute approximate surface area is 118 Å². The zero-order valence-electron chi connectivity index (χ0n) is 10.4. The average molecular weight is 275 g/mol. The SMILES string of the molecule is c1ccc2nc3sc4nc5ccccc5n4c3cc2c1. The minimum Gasteiger partial charge on any atom is -0.281 e. The number of fused-ring (bicyclic) bond motifs is 6. The van der Waals surface area contributed by atoms with Crippen LogP contribution in [0.4, 0.5) is 0 Å². The van der Waals surface area contributed by atoms with E-state index in [-0.39, 0.29) is 0 Å². The van der Waals surface area contributed by atoms with E-state index in [1.165, 1.54) is 0 Å². The molecule has 0 amide bonds. The Morgan fingerprint density at radius 2 is 1.60 bits per heavy atom. The van der Waals surface area contributed by atoms with E-state index in [1.54, 1.807) is 11.3 Å². The topological polar surface area (TPSA) is 30.2 Å². The summed E-state index contributed by atoms with van der Waals surface area (Å²) in [5.41, 5.74) is 4.35. The maximum absolute atomic E-state index is 4.75. The van der Waals surface area contributed by atoms with Gasteiger partial charge in [0.25, 0.3) is 0 Å². The normalized spacial score (nSPS) is 12.0. The minimum atomic E-state index is 1.00. The van der Waals surface area contributed by atoms with Gasteiger partial charge in [-0.05, 0) is 24.3 Å². The Hall–Kier alpha value is -2.46. The maximum atomic E-state index is 4.75. The molecule has 0 aliphatic rings. The van der Waals surface area contributed by atoms with Crippen molar-refractivity contribution in [3.63, 3.8) is 0 Å². The highest BCUT2D eigenvalue weighted by Gasteiger charge is 2.12. The molecule has 5 rings (SSSR count). The molecule has 0 saturated carbocycles. The van der Waals surface area contributed by atoms with Crippen LogP contribution in [0.3, 0.4) is 0 Å². The first-order chi connectivity index (χ1) is 9.90. The van der Waals surface area contributed by atoms with Gasteiger partial charge in [0.2, 0.25) is 0 Å². The highest BCUT2D eigenvalue weighted by Crippen LogP contribution is 2.30. The van der Waals surface area contributed by atoms with Crippen LogP contribution < -0.4 is 0 Å². The fourth-order valence-corrected chi connectivity index (χ4v) is 3.72. The fraction of sp³-hybridized carbons (Fsp3) is 0. The highest BCUT2D eigenvalue weighted by molar-refractivity contribution is 7.23. The third kappa shape index (κ3) is 1.24. The first-order valence-corrected chi connectivity index (χ1v) is 7.27. The van der Waals surface area contributed by atoms with Gasteiger partial charge >= 0.3 is 0 Å². The van der Waals surface area contributed by atoms with Crippen LogP contribution in [0.2, 0.25) is 0 Å². The summed E-state index contributed by atoms with van der Waals surface area (Å²) < 4.78 is 2.20. The van der Waals surface area contributed by atoms with Crippen LogP contribution in [0.15, 0.2) is 54.6 Å². The Morgan fingerprint density at radius 1 is 0.800 bits per heavy atom. The molecule has 0 fully saturated rings. The predicted octanol–water partition coefficient (Wildman–Crippen LogP) is 4.25. The van der Waals surface area contributed by atoms with Crippen LogP contribution in [0.25, 0.3) is 37.2 Å². The van der Waals surface area contributed by atoms with E-state index in [9.17, 15) is 0 Å². The summed E-state index contributed by atoms with van der Waals surface area (Å²) in [4.78, 5) is 11.5. The van der Waals surface area contributed by atoms with E-state index in [2.05, 4.69) is 45.8 Å². The second-order valence-corrected chi connectivity index (χ2v) is 5.78. The molecule has 0 N–H and O–H groups in total. The van der Waals surface area contributed by atoms with E-state index in [4.69, 9.17) is 4.98 Å². The van der Waals surface area contributed by atoms with Gasteiger partial charge in [0.15, 0.2) is 4.96 Å². The fourth-order valence-electron chi connectivity index (χ4n) is 2.71. The zero-order chi connectivity index (χ0) is 13.1. The summed E-state index contributed by atoms with van der Waals surface area (Å²) in [5.74, 6) is 0. The number of aromatic nitrogens is 3. The van der Waals surface area contributed by atoms with Crippen molar-refractivity contribution in [1.82, 2.24) is 14.4 Å². The predicted molar refractivity (Wildman–Crippen MR) is 83.4 cm³/mol. The molecule has 0 aliphatic heterocycles. The number of para-hydroxylation sites is 3.